The van der Waals surface area contributed by atoms with Gasteiger partial charge in [-0.05, 0) is 44.0 Å². The van der Waals surface area contributed by atoms with Crippen molar-refractivity contribution in [3.63, 3.8) is 0 Å². The summed E-state index contributed by atoms with van der Waals surface area (Å²) in [6, 6.07) is 19.3. The van der Waals surface area contributed by atoms with Crippen molar-refractivity contribution in [1.29, 1.82) is 0 Å². The van der Waals surface area contributed by atoms with E-state index in [1.807, 2.05) is 0 Å². The molecule has 2 nitrogen and oxygen atoms in total. The molecule has 0 N–H and O–H groups in total. The van der Waals surface area contributed by atoms with Crippen LogP contribution >= 0.6 is 0 Å². The Morgan fingerprint density at radius 1 is 0.958 bits per heavy atom. The highest BCUT2D eigenvalue weighted by Gasteiger charge is 2.44. The van der Waals surface area contributed by atoms with Crippen molar-refractivity contribution in [2.75, 3.05) is 26.7 Å². The van der Waals surface area contributed by atoms with Gasteiger partial charge in [-0.25, -0.2) is 0 Å². The fourth-order valence-electron chi connectivity index (χ4n) is 4.37. The zero-order valence-electron chi connectivity index (χ0n) is 15.1. The highest BCUT2D eigenvalue weighted by atomic mass is 15.3. The molecule has 2 aliphatic rings. The van der Waals surface area contributed by atoms with Crippen molar-refractivity contribution in [2.45, 2.75) is 38.3 Å². The van der Waals surface area contributed by atoms with Gasteiger partial charge >= 0.3 is 0 Å². The maximum atomic E-state index is 2.74. The summed E-state index contributed by atoms with van der Waals surface area (Å²) in [5.41, 5.74) is 5.82. The molecule has 4 rings (SSSR count). The van der Waals surface area contributed by atoms with Gasteiger partial charge < -0.3 is 0 Å². The molecule has 2 heteroatoms. The Morgan fingerprint density at radius 3 is 2.50 bits per heavy atom. The maximum Gasteiger partial charge on any atom is 0.0475 e. The van der Waals surface area contributed by atoms with Gasteiger partial charge in [-0.15, -0.1) is 0 Å². The monoisotopic (exact) mass is 320 g/mol. The van der Waals surface area contributed by atoms with Crippen LogP contribution in [0.4, 0.5) is 0 Å². The van der Waals surface area contributed by atoms with Crippen LogP contribution < -0.4 is 0 Å². The molecule has 1 saturated heterocycles. The summed E-state index contributed by atoms with van der Waals surface area (Å²) in [5.74, 6) is 0.745. The molecule has 1 saturated carbocycles. The molecule has 3 atom stereocenters. The third kappa shape index (κ3) is 3.01. The second-order valence-electron chi connectivity index (χ2n) is 7.67. The number of nitrogens with zero attached hydrogens (tertiary/aromatic N) is 2. The number of hydrogen-bond donors (Lipinski definition) is 0. The highest BCUT2D eigenvalue weighted by Crippen LogP contribution is 2.46. The van der Waals surface area contributed by atoms with E-state index >= 15 is 0 Å². The van der Waals surface area contributed by atoms with Gasteiger partial charge in [-0.2, -0.15) is 0 Å². The van der Waals surface area contributed by atoms with Crippen LogP contribution in [0.3, 0.4) is 0 Å². The average Bonchev–Trinajstić information content (AvgIpc) is 3.37. The van der Waals surface area contributed by atoms with E-state index in [1.165, 1.54) is 35.2 Å². The van der Waals surface area contributed by atoms with Gasteiger partial charge in [0.1, 0.15) is 0 Å². The summed E-state index contributed by atoms with van der Waals surface area (Å²) in [7, 11) is 2.28. The number of aryl methyl sites for hydroxylation is 2. The summed E-state index contributed by atoms with van der Waals surface area (Å²) < 4.78 is 0. The fraction of sp³-hybridized carbons (Fsp3) is 0.455. The minimum atomic E-state index is 0.524. The van der Waals surface area contributed by atoms with E-state index in [4.69, 9.17) is 0 Å². The number of likely N-dealkylation sites (N-methyl/N-ethyl adjacent to an activating group) is 1. The summed E-state index contributed by atoms with van der Waals surface area (Å²) in [6.07, 6.45) is 1.33. The normalized spacial score (nSPS) is 28.0. The smallest absolute Gasteiger partial charge is 0.0475 e. The molecule has 0 amide bonds. The Labute approximate surface area is 146 Å². The Bertz CT molecular complexity index is 709. The zero-order chi connectivity index (χ0) is 16.7. The van der Waals surface area contributed by atoms with Gasteiger partial charge in [0, 0.05) is 37.6 Å². The third-order valence-corrected chi connectivity index (χ3v) is 5.92. The molecule has 0 aromatic heterocycles. The van der Waals surface area contributed by atoms with E-state index in [9.17, 15) is 0 Å². The molecular formula is C22H28N2. The standard InChI is InChI=1S/C22H28N2/c1-16-9-10-19(17(2)13-16)22-15-24(12-11-23(22)3)21-14-20(21)18-7-5-4-6-8-18/h4-10,13,20-22H,11-12,14-15H2,1-3H3/t20-,21+,22-/m1/s1. The summed E-state index contributed by atoms with van der Waals surface area (Å²) in [6.45, 7) is 7.97. The van der Waals surface area contributed by atoms with E-state index in [0.717, 1.165) is 25.0 Å². The van der Waals surface area contributed by atoms with E-state index in [2.05, 4.69) is 79.2 Å². The minimum absolute atomic E-state index is 0.524. The molecular weight excluding hydrogens is 292 g/mol. The van der Waals surface area contributed by atoms with Crippen molar-refractivity contribution < 1.29 is 0 Å². The number of benzene rings is 2. The quantitative estimate of drug-likeness (QED) is 0.838. The first-order valence-corrected chi connectivity index (χ1v) is 9.20. The predicted octanol–water partition coefficient (Wildman–Crippen LogP) is 4.15. The van der Waals surface area contributed by atoms with Gasteiger partial charge in [0.15, 0.2) is 0 Å². The molecule has 2 aromatic rings. The summed E-state index contributed by atoms with van der Waals surface area (Å²) in [5, 5.41) is 0. The van der Waals surface area contributed by atoms with Crippen LogP contribution in [0.1, 0.15) is 40.6 Å². The molecule has 1 aliphatic heterocycles. The van der Waals surface area contributed by atoms with Crippen LogP contribution in [0.25, 0.3) is 0 Å². The van der Waals surface area contributed by atoms with Gasteiger partial charge in [0.25, 0.3) is 0 Å². The van der Waals surface area contributed by atoms with Crippen LogP contribution in [-0.4, -0.2) is 42.5 Å². The first-order valence-electron chi connectivity index (χ1n) is 9.20. The number of hydrogen-bond acceptors (Lipinski definition) is 2. The lowest BCUT2D eigenvalue weighted by atomic mass is 9.96. The fourth-order valence-corrected chi connectivity index (χ4v) is 4.37. The molecule has 24 heavy (non-hydrogen) atoms. The molecule has 2 aromatic carbocycles. The molecule has 0 unspecified atom stereocenters. The van der Waals surface area contributed by atoms with Crippen LogP contribution in [0.15, 0.2) is 48.5 Å². The van der Waals surface area contributed by atoms with Crippen molar-refractivity contribution in [1.82, 2.24) is 9.80 Å². The number of rotatable bonds is 3. The first-order chi connectivity index (χ1) is 11.6. The largest absolute Gasteiger partial charge is 0.297 e. The molecule has 1 aliphatic carbocycles. The van der Waals surface area contributed by atoms with Crippen molar-refractivity contribution in [2.24, 2.45) is 0 Å². The second kappa shape index (κ2) is 6.34. The lowest BCUT2D eigenvalue weighted by Gasteiger charge is -2.40. The van der Waals surface area contributed by atoms with Gasteiger partial charge in [0.05, 0.1) is 0 Å². The molecule has 0 radical (unpaired) electrons. The average molecular weight is 320 g/mol. The van der Waals surface area contributed by atoms with Crippen molar-refractivity contribution >= 4 is 0 Å². The Kier molecular flexibility index (Phi) is 4.19. The van der Waals surface area contributed by atoms with E-state index in [1.54, 1.807) is 0 Å². The zero-order valence-corrected chi connectivity index (χ0v) is 15.1. The summed E-state index contributed by atoms with van der Waals surface area (Å²) in [4.78, 5) is 5.27. The predicted molar refractivity (Wildman–Crippen MR) is 100 cm³/mol. The third-order valence-electron chi connectivity index (χ3n) is 5.92. The van der Waals surface area contributed by atoms with E-state index in [-0.39, 0.29) is 0 Å². The van der Waals surface area contributed by atoms with Crippen LogP contribution in [-0.2, 0) is 0 Å². The highest BCUT2D eigenvalue weighted by molar-refractivity contribution is 5.34. The Morgan fingerprint density at radius 2 is 1.75 bits per heavy atom. The molecule has 1 heterocycles. The maximum absolute atomic E-state index is 2.74. The Balaban J connectivity index is 1.50. The van der Waals surface area contributed by atoms with Crippen molar-refractivity contribution in [3.05, 3.63) is 70.8 Å². The molecule has 126 valence electrons. The second-order valence-corrected chi connectivity index (χ2v) is 7.67. The van der Waals surface area contributed by atoms with Gasteiger partial charge in [-0.3, -0.25) is 9.80 Å². The van der Waals surface area contributed by atoms with Crippen molar-refractivity contribution in [3.8, 4) is 0 Å². The van der Waals surface area contributed by atoms with Gasteiger partial charge in [-0.1, -0.05) is 54.1 Å². The van der Waals surface area contributed by atoms with Crippen LogP contribution in [0.5, 0.6) is 0 Å². The van der Waals surface area contributed by atoms with Crippen LogP contribution in [0.2, 0.25) is 0 Å². The first kappa shape index (κ1) is 15.9. The topological polar surface area (TPSA) is 6.48 Å². The number of piperazine rings is 1. The molecule has 0 bridgehead atoms. The Hall–Kier alpha value is -1.64. The van der Waals surface area contributed by atoms with Crippen LogP contribution in [0, 0.1) is 13.8 Å². The SMILES string of the molecule is Cc1ccc([C@H]2CN([C@H]3C[C@@H]3c3ccccc3)CCN2C)c(C)c1. The lowest BCUT2D eigenvalue weighted by Crippen LogP contribution is -2.47. The van der Waals surface area contributed by atoms with E-state index < -0.39 is 0 Å². The minimum Gasteiger partial charge on any atom is -0.297 e. The lowest BCUT2D eigenvalue weighted by molar-refractivity contribution is 0.0883. The molecule has 2 fully saturated rings. The summed E-state index contributed by atoms with van der Waals surface area (Å²) >= 11 is 0. The van der Waals surface area contributed by atoms with Gasteiger partial charge in [0.2, 0.25) is 0 Å². The van der Waals surface area contributed by atoms with E-state index in [0.29, 0.717) is 6.04 Å². The molecule has 0 spiro atoms.